The molecule has 23 heavy (non-hydrogen) atoms. The summed E-state index contributed by atoms with van der Waals surface area (Å²) in [5.74, 6) is 2.56. The highest BCUT2D eigenvalue weighted by molar-refractivity contribution is 5.74. The van der Waals surface area contributed by atoms with E-state index in [1.807, 2.05) is 0 Å². The van der Waals surface area contributed by atoms with E-state index >= 15 is 0 Å². The Hall–Kier alpha value is -1.56. The van der Waals surface area contributed by atoms with Gasteiger partial charge in [-0.1, -0.05) is 6.42 Å². The van der Waals surface area contributed by atoms with Crippen molar-refractivity contribution in [2.75, 3.05) is 6.61 Å². The van der Waals surface area contributed by atoms with Gasteiger partial charge in [0, 0.05) is 29.9 Å². The van der Waals surface area contributed by atoms with Crippen LogP contribution in [0, 0.1) is 11.3 Å². The summed E-state index contributed by atoms with van der Waals surface area (Å²) in [7, 11) is 0. The number of nitrogens with one attached hydrogen (secondary N) is 2. The highest BCUT2D eigenvalue weighted by Crippen LogP contribution is 2.62. The van der Waals surface area contributed by atoms with E-state index in [2.05, 4.69) is 15.6 Å². The Kier molecular flexibility index (Phi) is 2.99. The van der Waals surface area contributed by atoms with Gasteiger partial charge in [0.15, 0.2) is 5.89 Å². The van der Waals surface area contributed by atoms with Crippen LogP contribution >= 0.6 is 0 Å². The molecule has 0 bridgehead atoms. The molecule has 1 saturated heterocycles. The van der Waals surface area contributed by atoms with E-state index in [4.69, 9.17) is 9.15 Å². The zero-order chi connectivity index (χ0) is 15.4. The second-order valence-corrected chi connectivity index (χ2v) is 7.57. The van der Waals surface area contributed by atoms with Gasteiger partial charge in [-0.3, -0.25) is 0 Å². The highest BCUT2D eigenvalue weighted by Gasteiger charge is 2.66. The van der Waals surface area contributed by atoms with Gasteiger partial charge >= 0.3 is 6.03 Å². The quantitative estimate of drug-likeness (QED) is 0.893. The van der Waals surface area contributed by atoms with Crippen LogP contribution in [-0.4, -0.2) is 29.8 Å². The maximum absolute atomic E-state index is 12.3. The summed E-state index contributed by atoms with van der Waals surface area (Å²) in [6, 6.07) is 0.177. The third-order valence-electron chi connectivity index (χ3n) is 6.24. The molecule has 124 valence electrons. The van der Waals surface area contributed by atoms with E-state index in [1.54, 1.807) is 6.20 Å². The Labute approximate surface area is 135 Å². The molecule has 4 aliphatic rings. The van der Waals surface area contributed by atoms with E-state index < -0.39 is 0 Å². The predicted octanol–water partition coefficient (Wildman–Crippen LogP) is 2.31. The molecular formula is C17H23N3O3. The topological polar surface area (TPSA) is 76.4 Å². The van der Waals surface area contributed by atoms with Gasteiger partial charge in [0.25, 0.3) is 0 Å². The molecule has 1 aromatic heterocycles. The molecule has 6 nitrogen and oxygen atoms in total. The van der Waals surface area contributed by atoms with Crippen LogP contribution < -0.4 is 10.6 Å². The van der Waals surface area contributed by atoms with Crippen molar-refractivity contribution in [1.29, 1.82) is 0 Å². The van der Waals surface area contributed by atoms with Gasteiger partial charge in [0.05, 0.1) is 18.8 Å². The normalized spacial score (nSPS) is 33.7. The highest BCUT2D eigenvalue weighted by atomic mass is 16.5. The number of fused-ring (bicyclic) bond motifs is 2. The third kappa shape index (κ3) is 2.11. The van der Waals surface area contributed by atoms with Crippen molar-refractivity contribution in [2.45, 2.75) is 63.1 Å². The Balaban J connectivity index is 1.17. The molecule has 2 N–H and O–H groups in total. The molecule has 1 aromatic rings. The summed E-state index contributed by atoms with van der Waals surface area (Å²) >= 11 is 0. The maximum Gasteiger partial charge on any atom is 0.315 e. The van der Waals surface area contributed by atoms with Gasteiger partial charge in [0.2, 0.25) is 0 Å². The first kappa shape index (κ1) is 13.8. The van der Waals surface area contributed by atoms with Gasteiger partial charge in [0.1, 0.15) is 5.76 Å². The monoisotopic (exact) mass is 317 g/mol. The number of carbonyl (C=O) groups excluding carboxylic acids is 1. The molecule has 0 aromatic carbocycles. The molecule has 3 saturated carbocycles. The van der Waals surface area contributed by atoms with Crippen molar-refractivity contribution in [3.63, 3.8) is 0 Å². The second kappa shape index (κ2) is 4.97. The molecule has 1 spiro atoms. The molecular weight excluding hydrogens is 294 g/mol. The third-order valence-corrected chi connectivity index (χ3v) is 6.24. The fourth-order valence-electron chi connectivity index (χ4n) is 4.74. The van der Waals surface area contributed by atoms with E-state index in [0.29, 0.717) is 24.5 Å². The van der Waals surface area contributed by atoms with Crippen molar-refractivity contribution in [2.24, 2.45) is 11.3 Å². The summed E-state index contributed by atoms with van der Waals surface area (Å²) in [5, 5.41) is 6.11. The molecule has 2 amide bonds. The van der Waals surface area contributed by atoms with Crippen LogP contribution in [0.25, 0.3) is 0 Å². The van der Waals surface area contributed by atoms with Crippen LogP contribution in [0.3, 0.4) is 0 Å². The fraction of sp³-hybridized carbons (Fsp3) is 0.765. The van der Waals surface area contributed by atoms with Crippen LogP contribution in [0.15, 0.2) is 10.6 Å². The summed E-state index contributed by atoms with van der Waals surface area (Å²) in [5.41, 5.74) is 0.226. The SMILES string of the molecule is O=C(NCc1cnc(C2CC2)o1)NC1C2CCOC2C12CCC2. The van der Waals surface area contributed by atoms with Crippen molar-refractivity contribution < 1.29 is 13.9 Å². The van der Waals surface area contributed by atoms with Crippen LogP contribution in [0.2, 0.25) is 0 Å². The van der Waals surface area contributed by atoms with Crippen LogP contribution in [-0.2, 0) is 11.3 Å². The number of hydrogen-bond donors (Lipinski definition) is 2. The minimum Gasteiger partial charge on any atom is -0.444 e. The minimum atomic E-state index is -0.101. The number of oxazole rings is 1. The maximum atomic E-state index is 12.3. The lowest BCUT2D eigenvalue weighted by Gasteiger charge is -2.63. The number of nitrogens with zero attached hydrogens (tertiary/aromatic N) is 1. The minimum absolute atomic E-state index is 0.101. The van der Waals surface area contributed by atoms with Crippen LogP contribution in [0.1, 0.15) is 56.1 Å². The number of hydrogen-bond acceptors (Lipinski definition) is 4. The van der Waals surface area contributed by atoms with Crippen molar-refractivity contribution in [1.82, 2.24) is 15.6 Å². The largest absolute Gasteiger partial charge is 0.444 e. The molecule has 3 unspecified atom stereocenters. The number of amides is 2. The summed E-state index contributed by atoms with van der Waals surface area (Å²) in [6.07, 6.45) is 9.16. The van der Waals surface area contributed by atoms with E-state index in [-0.39, 0.29) is 17.5 Å². The van der Waals surface area contributed by atoms with Gasteiger partial charge in [-0.15, -0.1) is 0 Å². The lowest BCUT2D eigenvalue weighted by molar-refractivity contribution is -0.172. The van der Waals surface area contributed by atoms with E-state index in [9.17, 15) is 4.79 Å². The van der Waals surface area contributed by atoms with Gasteiger partial charge in [-0.25, -0.2) is 9.78 Å². The Morgan fingerprint density at radius 1 is 1.35 bits per heavy atom. The second-order valence-electron chi connectivity index (χ2n) is 7.57. The van der Waals surface area contributed by atoms with Crippen molar-refractivity contribution in [3.05, 3.63) is 17.8 Å². The first-order valence-electron chi connectivity index (χ1n) is 8.87. The molecule has 1 aliphatic heterocycles. The van der Waals surface area contributed by atoms with Gasteiger partial charge in [-0.2, -0.15) is 0 Å². The Morgan fingerprint density at radius 3 is 2.96 bits per heavy atom. The number of ether oxygens (including phenoxy) is 1. The molecule has 4 fully saturated rings. The number of carbonyl (C=O) groups is 1. The van der Waals surface area contributed by atoms with E-state index in [1.165, 1.54) is 32.1 Å². The average molecular weight is 317 g/mol. The van der Waals surface area contributed by atoms with Crippen molar-refractivity contribution in [3.8, 4) is 0 Å². The Bertz CT molecular complexity index is 620. The van der Waals surface area contributed by atoms with Crippen molar-refractivity contribution >= 4 is 6.03 Å². The molecule has 2 heterocycles. The average Bonchev–Trinajstić information content (AvgIpc) is 3.08. The lowest BCUT2D eigenvalue weighted by atomic mass is 9.46. The molecule has 0 radical (unpaired) electrons. The zero-order valence-electron chi connectivity index (χ0n) is 13.2. The molecule has 6 heteroatoms. The molecule has 5 rings (SSSR count). The smallest absolute Gasteiger partial charge is 0.315 e. The van der Waals surface area contributed by atoms with Gasteiger partial charge in [-0.05, 0) is 32.1 Å². The summed E-state index contributed by atoms with van der Waals surface area (Å²) < 4.78 is 11.6. The first-order valence-corrected chi connectivity index (χ1v) is 8.87. The number of aromatic nitrogens is 1. The summed E-state index contributed by atoms with van der Waals surface area (Å²) in [4.78, 5) is 16.5. The number of urea groups is 1. The van der Waals surface area contributed by atoms with Crippen LogP contribution in [0.5, 0.6) is 0 Å². The molecule has 3 atom stereocenters. The predicted molar refractivity (Wildman–Crippen MR) is 81.8 cm³/mol. The summed E-state index contributed by atoms with van der Waals surface area (Å²) in [6.45, 7) is 1.24. The van der Waals surface area contributed by atoms with Gasteiger partial charge < -0.3 is 19.8 Å². The lowest BCUT2D eigenvalue weighted by Crippen LogP contribution is -2.72. The molecule has 3 aliphatic carbocycles. The van der Waals surface area contributed by atoms with E-state index in [0.717, 1.165) is 24.7 Å². The Morgan fingerprint density at radius 2 is 2.22 bits per heavy atom. The standard InChI is InChI=1S/C17H23N3O3/c21-16(19-9-11-8-18-15(23-11)10-2-3-10)20-13-12-4-7-22-14(12)17(13)5-1-6-17/h8,10,12-14H,1-7,9H2,(H2,19,20,21). The number of rotatable bonds is 4. The fourth-order valence-corrected chi connectivity index (χ4v) is 4.74. The first-order chi connectivity index (χ1) is 11.3. The van der Waals surface area contributed by atoms with Crippen LogP contribution in [0.4, 0.5) is 4.79 Å². The zero-order valence-corrected chi connectivity index (χ0v) is 13.2.